The van der Waals surface area contributed by atoms with E-state index in [0.717, 1.165) is 25.5 Å². The fourth-order valence-electron chi connectivity index (χ4n) is 3.78. The molecule has 0 radical (unpaired) electrons. The predicted molar refractivity (Wildman–Crippen MR) is 137 cm³/mol. The Kier molecular flexibility index (Phi) is 8.15. The van der Waals surface area contributed by atoms with Crippen LogP contribution in [-0.4, -0.2) is 45.8 Å². The van der Waals surface area contributed by atoms with Crippen molar-refractivity contribution in [1.29, 1.82) is 5.26 Å². The normalized spacial score (nSPS) is 16.7. The van der Waals surface area contributed by atoms with Crippen molar-refractivity contribution in [2.45, 2.75) is 53.0 Å². The number of benzene rings is 1. The SMILES string of the molecule is CCNC(=NCCCc1nn(-c2ccc(F)cc2)c(N)c1C#N)N1CC(C)(C)C1(C)C.I. The van der Waals surface area contributed by atoms with E-state index in [1.54, 1.807) is 12.1 Å². The summed E-state index contributed by atoms with van der Waals surface area (Å²) in [7, 11) is 0. The molecule has 0 unspecified atom stereocenters. The van der Waals surface area contributed by atoms with Crippen molar-refractivity contribution in [2.24, 2.45) is 10.4 Å². The van der Waals surface area contributed by atoms with Crippen LogP contribution in [0.25, 0.3) is 5.69 Å². The maximum Gasteiger partial charge on any atom is 0.194 e. The minimum atomic E-state index is -0.335. The molecule has 0 aliphatic carbocycles. The minimum absolute atomic E-state index is 0. The molecule has 1 aliphatic rings. The second kappa shape index (κ2) is 10.1. The molecule has 174 valence electrons. The van der Waals surface area contributed by atoms with E-state index in [4.69, 9.17) is 10.7 Å². The van der Waals surface area contributed by atoms with Crippen molar-refractivity contribution < 1.29 is 4.39 Å². The summed E-state index contributed by atoms with van der Waals surface area (Å²) in [5, 5.41) is 17.5. The Morgan fingerprint density at radius 3 is 2.47 bits per heavy atom. The van der Waals surface area contributed by atoms with Crippen molar-refractivity contribution in [3.05, 3.63) is 41.3 Å². The average Bonchev–Trinajstić information content (AvgIpc) is 3.04. The summed E-state index contributed by atoms with van der Waals surface area (Å²) in [4.78, 5) is 7.12. The number of aromatic nitrogens is 2. The highest BCUT2D eigenvalue weighted by molar-refractivity contribution is 14.0. The maximum absolute atomic E-state index is 13.2. The van der Waals surface area contributed by atoms with Crippen LogP contribution in [0.4, 0.5) is 10.2 Å². The molecule has 1 saturated heterocycles. The number of hydrogen-bond acceptors (Lipinski definition) is 4. The number of aryl methyl sites for hydroxylation is 1. The maximum atomic E-state index is 13.2. The van der Waals surface area contributed by atoms with Gasteiger partial charge >= 0.3 is 0 Å². The number of nitrogens with two attached hydrogens (primary N) is 1. The standard InChI is InChI=1S/C23H32FN7.HI/c1-6-27-21(30-15-22(2,3)23(30,4)5)28-13-7-8-19-18(14-25)20(26)31(29-19)17-11-9-16(24)10-12-17;/h9-12H,6-8,13,15,26H2,1-5H3,(H,27,28);1H. The van der Waals surface area contributed by atoms with Crippen LogP contribution >= 0.6 is 24.0 Å². The molecule has 3 N–H and O–H groups in total. The number of anilines is 1. The van der Waals surface area contributed by atoms with Gasteiger partial charge in [0.25, 0.3) is 0 Å². The number of nitrogens with zero attached hydrogens (tertiary/aromatic N) is 5. The fourth-order valence-corrected chi connectivity index (χ4v) is 3.78. The zero-order valence-corrected chi connectivity index (χ0v) is 21.8. The summed E-state index contributed by atoms with van der Waals surface area (Å²) in [5.41, 5.74) is 8.02. The third-order valence-corrected chi connectivity index (χ3v) is 6.48. The molecule has 3 rings (SSSR count). The van der Waals surface area contributed by atoms with Gasteiger partial charge in [-0.1, -0.05) is 13.8 Å². The molecular formula is C23H33FIN7. The molecule has 0 amide bonds. The summed E-state index contributed by atoms with van der Waals surface area (Å²) in [6.07, 6.45) is 1.32. The molecule has 1 fully saturated rings. The zero-order chi connectivity index (χ0) is 22.8. The van der Waals surface area contributed by atoms with Crippen LogP contribution < -0.4 is 11.1 Å². The lowest BCUT2D eigenvalue weighted by atomic mass is 9.65. The van der Waals surface area contributed by atoms with E-state index in [1.807, 2.05) is 0 Å². The van der Waals surface area contributed by atoms with E-state index in [9.17, 15) is 9.65 Å². The van der Waals surface area contributed by atoms with E-state index >= 15 is 0 Å². The van der Waals surface area contributed by atoms with Crippen LogP contribution in [0.1, 0.15) is 52.3 Å². The highest BCUT2D eigenvalue weighted by Gasteiger charge is 2.53. The summed E-state index contributed by atoms with van der Waals surface area (Å²) < 4.78 is 14.7. The van der Waals surface area contributed by atoms with Gasteiger partial charge in [0.05, 0.1) is 11.4 Å². The molecule has 2 aromatic rings. The number of nitrogen functional groups attached to an aromatic ring is 1. The molecule has 32 heavy (non-hydrogen) atoms. The first-order valence-electron chi connectivity index (χ1n) is 10.7. The molecule has 2 heterocycles. The molecule has 0 saturated carbocycles. The summed E-state index contributed by atoms with van der Waals surface area (Å²) in [5.74, 6) is 0.854. The third kappa shape index (κ3) is 4.85. The monoisotopic (exact) mass is 553 g/mol. The second-order valence-corrected chi connectivity index (χ2v) is 9.08. The quantitative estimate of drug-likeness (QED) is 0.243. The largest absolute Gasteiger partial charge is 0.382 e. The Morgan fingerprint density at radius 2 is 1.94 bits per heavy atom. The number of nitriles is 1. The number of guanidine groups is 1. The predicted octanol–water partition coefficient (Wildman–Crippen LogP) is 4.10. The number of nitrogens with one attached hydrogen (secondary N) is 1. The van der Waals surface area contributed by atoms with Crippen molar-refractivity contribution in [3.8, 4) is 11.8 Å². The lowest BCUT2D eigenvalue weighted by Crippen LogP contribution is -2.72. The number of aliphatic imine (C=N–C) groups is 1. The van der Waals surface area contributed by atoms with Gasteiger partial charge in [-0.3, -0.25) is 4.99 Å². The van der Waals surface area contributed by atoms with Crippen molar-refractivity contribution >= 4 is 35.8 Å². The Balaban J connectivity index is 0.00000363. The molecule has 0 atom stereocenters. The highest BCUT2D eigenvalue weighted by Crippen LogP contribution is 2.46. The smallest absolute Gasteiger partial charge is 0.194 e. The molecular weight excluding hydrogens is 520 g/mol. The number of hydrogen-bond donors (Lipinski definition) is 2. The van der Waals surface area contributed by atoms with Crippen molar-refractivity contribution in [3.63, 3.8) is 0 Å². The van der Waals surface area contributed by atoms with Gasteiger partial charge in [0.2, 0.25) is 0 Å². The van der Waals surface area contributed by atoms with Crippen LogP contribution in [0.2, 0.25) is 0 Å². The van der Waals surface area contributed by atoms with Gasteiger partial charge in [0.1, 0.15) is 23.3 Å². The Labute approximate surface area is 206 Å². The molecule has 1 aromatic carbocycles. The summed E-state index contributed by atoms with van der Waals surface area (Å²) in [6, 6.07) is 8.02. The third-order valence-electron chi connectivity index (χ3n) is 6.48. The minimum Gasteiger partial charge on any atom is -0.382 e. The number of likely N-dealkylation sites (tertiary alicyclic amines) is 1. The zero-order valence-electron chi connectivity index (χ0n) is 19.4. The van der Waals surface area contributed by atoms with Crippen LogP contribution in [0.5, 0.6) is 0 Å². The number of halogens is 2. The van der Waals surface area contributed by atoms with Crippen LogP contribution in [-0.2, 0) is 6.42 Å². The fraction of sp³-hybridized carbons (Fsp3) is 0.522. The van der Waals surface area contributed by atoms with Crippen LogP contribution in [0.15, 0.2) is 29.3 Å². The van der Waals surface area contributed by atoms with E-state index in [1.165, 1.54) is 16.8 Å². The Bertz CT molecular complexity index is 1000. The molecule has 1 aromatic heterocycles. The lowest BCUT2D eigenvalue weighted by Gasteiger charge is -2.62. The van der Waals surface area contributed by atoms with E-state index < -0.39 is 0 Å². The van der Waals surface area contributed by atoms with Crippen molar-refractivity contribution in [1.82, 2.24) is 20.0 Å². The number of rotatable bonds is 6. The first-order valence-corrected chi connectivity index (χ1v) is 10.7. The topological polar surface area (TPSA) is 95.3 Å². The molecule has 9 heteroatoms. The highest BCUT2D eigenvalue weighted by atomic mass is 127. The molecule has 7 nitrogen and oxygen atoms in total. The van der Waals surface area contributed by atoms with Gasteiger partial charge in [0.15, 0.2) is 5.96 Å². The van der Waals surface area contributed by atoms with Crippen LogP contribution in [0, 0.1) is 22.6 Å². The second-order valence-electron chi connectivity index (χ2n) is 9.08. The average molecular weight is 553 g/mol. The Morgan fingerprint density at radius 1 is 1.28 bits per heavy atom. The molecule has 0 spiro atoms. The van der Waals surface area contributed by atoms with E-state index in [0.29, 0.717) is 29.9 Å². The van der Waals surface area contributed by atoms with Gasteiger partial charge in [0, 0.05) is 30.6 Å². The van der Waals surface area contributed by atoms with E-state index in [-0.39, 0.29) is 46.6 Å². The molecule has 0 bridgehead atoms. The van der Waals surface area contributed by atoms with Gasteiger partial charge in [-0.15, -0.1) is 24.0 Å². The summed E-state index contributed by atoms with van der Waals surface area (Å²) >= 11 is 0. The van der Waals surface area contributed by atoms with Gasteiger partial charge in [-0.25, -0.2) is 9.07 Å². The van der Waals surface area contributed by atoms with E-state index in [2.05, 4.69) is 56.0 Å². The van der Waals surface area contributed by atoms with Gasteiger partial charge in [-0.2, -0.15) is 10.4 Å². The lowest BCUT2D eigenvalue weighted by molar-refractivity contribution is -0.0667. The molecule has 1 aliphatic heterocycles. The van der Waals surface area contributed by atoms with Gasteiger partial charge < -0.3 is 16.0 Å². The first-order chi connectivity index (χ1) is 14.6. The first kappa shape index (κ1) is 25.9. The van der Waals surface area contributed by atoms with Gasteiger partial charge in [-0.05, 0) is 57.9 Å². The summed E-state index contributed by atoms with van der Waals surface area (Å²) in [6.45, 7) is 13.5. The van der Waals surface area contributed by atoms with Crippen molar-refractivity contribution in [2.75, 3.05) is 25.4 Å². The van der Waals surface area contributed by atoms with Crippen LogP contribution in [0.3, 0.4) is 0 Å². The Hall–Kier alpha value is -2.35.